The van der Waals surface area contributed by atoms with Crippen LogP contribution in [0.2, 0.25) is 0 Å². The number of rotatable bonds is 7. The Bertz CT molecular complexity index is 1940. The molecule has 3 nitrogen and oxygen atoms in total. The summed E-state index contributed by atoms with van der Waals surface area (Å²) in [5.41, 5.74) is 10.4. The molecule has 3 heterocycles. The SMILES string of the molecule is C=C(/C=C/C=C/C=C/C=C/C=C1/N(C)c2cc3cccnc3cc2C12CCCCC2)C1(c2cc3ncccc3cc2C)CCCCC1. The Balaban J connectivity index is 1.05. The van der Waals surface area contributed by atoms with Crippen molar-refractivity contribution in [2.45, 2.75) is 82.0 Å². The van der Waals surface area contributed by atoms with E-state index in [1.165, 1.54) is 95.8 Å². The molecule has 1 aliphatic heterocycles. The number of pyridine rings is 2. The molecule has 0 unspecified atom stereocenters. The van der Waals surface area contributed by atoms with Crippen LogP contribution in [-0.4, -0.2) is 17.0 Å². The van der Waals surface area contributed by atoms with E-state index in [9.17, 15) is 0 Å². The van der Waals surface area contributed by atoms with Gasteiger partial charge in [0.1, 0.15) is 0 Å². The van der Waals surface area contributed by atoms with E-state index in [2.05, 4.69) is 127 Å². The normalized spacial score (nSPS) is 20.2. The van der Waals surface area contributed by atoms with Crippen LogP contribution < -0.4 is 4.90 Å². The second-order valence-electron chi connectivity index (χ2n) is 13.9. The number of aromatic nitrogens is 2. The summed E-state index contributed by atoms with van der Waals surface area (Å²) >= 11 is 0. The van der Waals surface area contributed by atoms with Gasteiger partial charge in [0.2, 0.25) is 0 Å². The minimum absolute atomic E-state index is 0.0174. The zero-order chi connectivity index (χ0) is 32.3. The highest BCUT2D eigenvalue weighted by Crippen LogP contribution is 2.55. The van der Waals surface area contributed by atoms with Crippen molar-refractivity contribution in [3.05, 3.63) is 150 Å². The van der Waals surface area contributed by atoms with Gasteiger partial charge in [0.25, 0.3) is 0 Å². The first kappa shape index (κ1) is 31.1. The zero-order valence-corrected chi connectivity index (χ0v) is 28.1. The predicted octanol–water partition coefficient (Wildman–Crippen LogP) is 11.3. The van der Waals surface area contributed by atoms with Gasteiger partial charge in [-0.05, 0) is 97.3 Å². The summed E-state index contributed by atoms with van der Waals surface area (Å²) in [5, 5.41) is 2.42. The lowest BCUT2D eigenvalue weighted by atomic mass is 9.64. The molecule has 2 aromatic carbocycles. The fourth-order valence-corrected chi connectivity index (χ4v) is 8.78. The summed E-state index contributed by atoms with van der Waals surface area (Å²) in [5.74, 6) is 0. The van der Waals surface area contributed by atoms with Crippen LogP contribution in [0.3, 0.4) is 0 Å². The summed E-state index contributed by atoms with van der Waals surface area (Å²) in [4.78, 5) is 11.8. The molecule has 4 aromatic rings. The van der Waals surface area contributed by atoms with Crippen LogP contribution in [0, 0.1) is 6.92 Å². The molecule has 7 rings (SSSR count). The fraction of sp³-hybridized carbons (Fsp3) is 0.318. The smallest absolute Gasteiger partial charge is 0.0706 e. The Morgan fingerprint density at radius 1 is 0.702 bits per heavy atom. The molecule has 0 saturated heterocycles. The van der Waals surface area contributed by atoms with Gasteiger partial charge in [-0.1, -0.05) is 106 Å². The Kier molecular flexibility index (Phi) is 8.82. The standard InChI is InChI=1S/C44H47N3/c1-33-29-35-20-17-27-45-39(35)31-37(33)43(23-13-9-14-24-43)34(2)19-11-7-5-4-6-8-12-22-42-44(25-15-10-16-26-44)38-32-40-36(21-18-28-46-40)30-41(38)47(42)3/h4-8,11-12,17-22,27-32H,2,9-10,13-16,23-26H2,1,3H3/b6-4+,7-5+,12-8+,19-11+,42-22+. The summed E-state index contributed by atoms with van der Waals surface area (Å²) in [6, 6.07) is 17.7. The molecule has 2 aliphatic carbocycles. The molecule has 2 aromatic heterocycles. The average Bonchev–Trinajstić information content (AvgIpc) is 3.31. The Hall–Kier alpha value is -4.50. The van der Waals surface area contributed by atoms with Gasteiger partial charge in [0.05, 0.1) is 11.0 Å². The number of anilines is 1. The summed E-state index contributed by atoms with van der Waals surface area (Å²) in [6.07, 6.45) is 35.7. The van der Waals surface area contributed by atoms with Gasteiger partial charge < -0.3 is 4.90 Å². The highest BCUT2D eigenvalue weighted by atomic mass is 15.2. The number of likely N-dealkylation sites (N-methyl/N-ethyl adjacent to an activating group) is 1. The second kappa shape index (κ2) is 13.3. The molecular formula is C44H47N3. The van der Waals surface area contributed by atoms with E-state index in [0.29, 0.717) is 0 Å². The van der Waals surface area contributed by atoms with Crippen LogP contribution in [0.25, 0.3) is 21.8 Å². The Labute approximate surface area is 280 Å². The molecule has 0 radical (unpaired) electrons. The number of hydrogen-bond donors (Lipinski definition) is 0. The Morgan fingerprint density at radius 2 is 1.28 bits per heavy atom. The van der Waals surface area contributed by atoms with Crippen molar-refractivity contribution in [3.8, 4) is 0 Å². The van der Waals surface area contributed by atoms with E-state index in [-0.39, 0.29) is 10.8 Å². The average molecular weight is 618 g/mol. The highest BCUT2D eigenvalue weighted by molar-refractivity contribution is 5.88. The maximum absolute atomic E-state index is 4.69. The topological polar surface area (TPSA) is 29.0 Å². The van der Waals surface area contributed by atoms with Crippen LogP contribution in [0.5, 0.6) is 0 Å². The zero-order valence-electron chi connectivity index (χ0n) is 28.1. The quantitative estimate of drug-likeness (QED) is 0.193. The minimum Gasteiger partial charge on any atom is -0.347 e. The first-order valence-corrected chi connectivity index (χ1v) is 17.6. The molecule has 238 valence electrons. The molecule has 0 N–H and O–H groups in total. The van der Waals surface area contributed by atoms with Crippen LogP contribution in [0.4, 0.5) is 5.69 Å². The molecule has 3 aliphatic rings. The van der Waals surface area contributed by atoms with Gasteiger partial charge >= 0.3 is 0 Å². The summed E-state index contributed by atoms with van der Waals surface area (Å²) in [6.45, 7) is 6.88. The van der Waals surface area contributed by atoms with Crippen molar-refractivity contribution in [2.24, 2.45) is 0 Å². The maximum atomic E-state index is 4.69. The molecule has 3 heteroatoms. The third kappa shape index (κ3) is 5.82. The van der Waals surface area contributed by atoms with Crippen LogP contribution >= 0.6 is 0 Å². The lowest BCUT2D eigenvalue weighted by Crippen LogP contribution is -2.31. The number of hydrogen-bond acceptors (Lipinski definition) is 3. The van der Waals surface area contributed by atoms with E-state index in [0.717, 1.165) is 23.9 Å². The molecule has 2 saturated carbocycles. The van der Waals surface area contributed by atoms with Gasteiger partial charge in [-0.2, -0.15) is 0 Å². The first-order valence-electron chi connectivity index (χ1n) is 17.6. The van der Waals surface area contributed by atoms with Crippen LogP contribution in [-0.2, 0) is 10.8 Å². The number of aryl methyl sites for hydroxylation is 1. The van der Waals surface area contributed by atoms with Gasteiger partial charge in [-0.25, -0.2) is 0 Å². The van der Waals surface area contributed by atoms with E-state index in [1.807, 2.05) is 24.5 Å². The van der Waals surface area contributed by atoms with E-state index >= 15 is 0 Å². The third-order valence-electron chi connectivity index (χ3n) is 11.2. The number of benzene rings is 2. The van der Waals surface area contributed by atoms with Crippen molar-refractivity contribution in [2.75, 3.05) is 11.9 Å². The molecule has 0 amide bonds. The lowest BCUT2D eigenvalue weighted by Gasteiger charge is -2.40. The van der Waals surface area contributed by atoms with Crippen LogP contribution in [0.15, 0.2) is 133 Å². The van der Waals surface area contributed by atoms with E-state index < -0.39 is 0 Å². The minimum atomic E-state index is -0.0174. The monoisotopic (exact) mass is 617 g/mol. The van der Waals surface area contributed by atoms with Crippen LogP contribution in [0.1, 0.15) is 80.9 Å². The molecule has 0 bridgehead atoms. The fourth-order valence-electron chi connectivity index (χ4n) is 8.78. The van der Waals surface area contributed by atoms with Gasteiger partial charge in [0.15, 0.2) is 0 Å². The van der Waals surface area contributed by atoms with Crippen molar-refractivity contribution >= 4 is 27.5 Å². The molecule has 2 fully saturated rings. The van der Waals surface area contributed by atoms with E-state index in [4.69, 9.17) is 0 Å². The third-order valence-corrected chi connectivity index (χ3v) is 11.2. The molecular weight excluding hydrogens is 571 g/mol. The van der Waals surface area contributed by atoms with Crippen molar-refractivity contribution in [1.29, 1.82) is 0 Å². The first-order chi connectivity index (χ1) is 23.0. The van der Waals surface area contributed by atoms with Gasteiger partial charge in [-0.3, -0.25) is 9.97 Å². The molecule has 0 atom stereocenters. The van der Waals surface area contributed by atoms with Gasteiger partial charge in [-0.15, -0.1) is 0 Å². The summed E-state index contributed by atoms with van der Waals surface area (Å²) < 4.78 is 0. The highest BCUT2D eigenvalue weighted by Gasteiger charge is 2.46. The molecule has 47 heavy (non-hydrogen) atoms. The van der Waals surface area contributed by atoms with Crippen molar-refractivity contribution < 1.29 is 0 Å². The maximum Gasteiger partial charge on any atom is 0.0706 e. The lowest BCUT2D eigenvalue weighted by molar-refractivity contribution is 0.345. The van der Waals surface area contributed by atoms with Gasteiger partial charge in [0, 0.05) is 52.4 Å². The Morgan fingerprint density at radius 3 is 1.96 bits per heavy atom. The molecule has 1 spiro atoms. The second-order valence-corrected chi connectivity index (χ2v) is 13.9. The largest absolute Gasteiger partial charge is 0.347 e. The number of nitrogens with zero attached hydrogens (tertiary/aromatic N) is 3. The van der Waals surface area contributed by atoms with Crippen molar-refractivity contribution in [1.82, 2.24) is 9.97 Å². The van der Waals surface area contributed by atoms with E-state index in [1.54, 1.807) is 0 Å². The summed E-state index contributed by atoms with van der Waals surface area (Å²) in [7, 11) is 2.23. The van der Waals surface area contributed by atoms with Crippen molar-refractivity contribution in [3.63, 3.8) is 0 Å². The predicted molar refractivity (Wildman–Crippen MR) is 200 cm³/mol. The number of fused-ring (bicyclic) bond motifs is 4. The number of allylic oxidation sites excluding steroid dienone is 11.